The van der Waals surface area contributed by atoms with Crippen LogP contribution >= 0.6 is 24.0 Å². The molecule has 148 valence electrons. The lowest BCUT2D eigenvalue weighted by Crippen LogP contribution is -2.41. The van der Waals surface area contributed by atoms with E-state index >= 15 is 0 Å². The summed E-state index contributed by atoms with van der Waals surface area (Å²) in [5.41, 5.74) is 0. The van der Waals surface area contributed by atoms with Crippen LogP contribution in [0.2, 0.25) is 0 Å². The number of aliphatic imine (C=N–C) groups is 1. The molecule has 26 heavy (non-hydrogen) atoms. The van der Waals surface area contributed by atoms with Gasteiger partial charge in [-0.25, -0.2) is 0 Å². The highest BCUT2D eigenvalue weighted by Crippen LogP contribution is 2.16. The first-order valence-corrected chi connectivity index (χ1v) is 9.26. The van der Waals surface area contributed by atoms with Crippen molar-refractivity contribution in [3.63, 3.8) is 0 Å². The summed E-state index contributed by atoms with van der Waals surface area (Å²) in [6, 6.07) is 10.4. The minimum absolute atomic E-state index is 0. The van der Waals surface area contributed by atoms with Crippen molar-refractivity contribution in [3.8, 4) is 5.75 Å². The second-order valence-corrected chi connectivity index (χ2v) is 6.13. The number of nitrogens with zero attached hydrogens (tertiary/aromatic N) is 2. The van der Waals surface area contributed by atoms with Gasteiger partial charge in [-0.3, -0.25) is 9.89 Å². The van der Waals surface area contributed by atoms with Crippen LogP contribution in [-0.2, 0) is 4.74 Å². The van der Waals surface area contributed by atoms with Gasteiger partial charge < -0.3 is 20.1 Å². The maximum atomic E-state index is 5.71. The molecule has 1 aromatic rings. The van der Waals surface area contributed by atoms with Gasteiger partial charge >= 0.3 is 0 Å². The van der Waals surface area contributed by atoms with Crippen molar-refractivity contribution in [1.29, 1.82) is 0 Å². The lowest BCUT2D eigenvalue weighted by Gasteiger charge is -2.23. The van der Waals surface area contributed by atoms with Gasteiger partial charge in [-0.15, -0.1) is 24.0 Å². The fourth-order valence-corrected chi connectivity index (χ4v) is 3.00. The van der Waals surface area contributed by atoms with Crippen LogP contribution in [-0.4, -0.2) is 69.9 Å². The Hall–Kier alpha value is -1.06. The van der Waals surface area contributed by atoms with Crippen molar-refractivity contribution < 1.29 is 9.47 Å². The molecule has 1 heterocycles. The third-order valence-electron chi connectivity index (χ3n) is 4.29. The minimum Gasteiger partial charge on any atom is -0.492 e. The first-order chi connectivity index (χ1) is 12.3. The standard InChI is InChI=1S/C19H32N4O2.HI/c1-3-20-19(21-11-14-25-18-9-5-4-6-10-18)22-16-17-8-7-12-23(17)13-15-24-2;/h4-6,9-10,17H,3,7-8,11-16H2,1-2H3,(H2,20,21,22);1H. The molecular formula is C19H33IN4O2. The van der Waals surface area contributed by atoms with Crippen LogP contribution in [0.5, 0.6) is 5.75 Å². The minimum atomic E-state index is 0. The van der Waals surface area contributed by atoms with E-state index in [2.05, 4.69) is 22.5 Å². The first kappa shape index (κ1) is 23.0. The summed E-state index contributed by atoms with van der Waals surface area (Å²) in [7, 11) is 1.76. The molecule has 7 heteroatoms. The van der Waals surface area contributed by atoms with Crippen LogP contribution in [0.3, 0.4) is 0 Å². The fourth-order valence-electron chi connectivity index (χ4n) is 3.00. The molecule has 0 amide bonds. The molecule has 1 fully saturated rings. The van der Waals surface area contributed by atoms with Crippen LogP contribution in [0, 0.1) is 0 Å². The van der Waals surface area contributed by atoms with Gasteiger partial charge in [-0.2, -0.15) is 0 Å². The van der Waals surface area contributed by atoms with Gasteiger partial charge in [0.1, 0.15) is 12.4 Å². The fraction of sp³-hybridized carbons (Fsp3) is 0.632. The van der Waals surface area contributed by atoms with E-state index < -0.39 is 0 Å². The number of rotatable bonds is 10. The Morgan fingerprint density at radius 2 is 2.04 bits per heavy atom. The zero-order valence-corrected chi connectivity index (χ0v) is 18.3. The van der Waals surface area contributed by atoms with Crippen LogP contribution in [0.25, 0.3) is 0 Å². The highest BCUT2D eigenvalue weighted by Gasteiger charge is 2.23. The van der Waals surface area contributed by atoms with Gasteiger partial charge in [-0.05, 0) is 38.4 Å². The largest absolute Gasteiger partial charge is 0.492 e. The third-order valence-corrected chi connectivity index (χ3v) is 4.29. The molecule has 0 radical (unpaired) electrons. The van der Waals surface area contributed by atoms with Crippen LogP contribution in [0.15, 0.2) is 35.3 Å². The Balaban J connectivity index is 0.00000338. The molecule has 0 aromatic heterocycles. The molecule has 1 aliphatic heterocycles. The molecule has 0 bridgehead atoms. The molecule has 0 saturated carbocycles. The van der Waals surface area contributed by atoms with Crippen molar-refractivity contribution >= 4 is 29.9 Å². The van der Waals surface area contributed by atoms with Gasteiger partial charge in [0.05, 0.1) is 19.7 Å². The van der Waals surface area contributed by atoms with E-state index in [0.29, 0.717) is 12.6 Å². The van der Waals surface area contributed by atoms with E-state index in [1.165, 1.54) is 12.8 Å². The number of para-hydroxylation sites is 1. The quantitative estimate of drug-likeness (QED) is 0.235. The number of methoxy groups -OCH3 is 1. The average Bonchev–Trinajstić information content (AvgIpc) is 3.09. The Labute approximate surface area is 174 Å². The second-order valence-electron chi connectivity index (χ2n) is 6.13. The summed E-state index contributed by atoms with van der Waals surface area (Å²) < 4.78 is 10.9. The van der Waals surface area contributed by atoms with E-state index in [4.69, 9.17) is 14.5 Å². The summed E-state index contributed by atoms with van der Waals surface area (Å²) in [6.45, 7) is 8.01. The van der Waals surface area contributed by atoms with Gasteiger partial charge in [0.15, 0.2) is 5.96 Å². The average molecular weight is 476 g/mol. The Bertz CT molecular complexity index is 502. The van der Waals surface area contributed by atoms with Gasteiger partial charge in [0.2, 0.25) is 0 Å². The molecule has 0 aliphatic carbocycles. The molecular weight excluding hydrogens is 443 g/mol. The lowest BCUT2D eigenvalue weighted by atomic mass is 10.2. The maximum Gasteiger partial charge on any atom is 0.191 e. The number of likely N-dealkylation sites (tertiary alicyclic amines) is 1. The van der Waals surface area contributed by atoms with Crippen LogP contribution < -0.4 is 15.4 Å². The number of benzene rings is 1. The van der Waals surface area contributed by atoms with Crippen molar-refractivity contribution in [2.45, 2.75) is 25.8 Å². The van der Waals surface area contributed by atoms with Crippen LogP contribution in [0.1, 0.15) is 19.8 Å². The first-order valence-electron chi connectivity index (χ1n) is 9.26. The number of nitrogens with one attached hydrogen (secondary N) is 2. The molecule has 1 saturated heterocycles. The van der Waals surface area contributed by atoms with E-state index in [1.54, 1.807) is 7.11 Å². The molecule has 1 aromatic carbocycles. The van der Waals surface area contributed by atoms with Crippen molar-refractivity contribution in [2.75, 3.05) is 53.0 Å². The molecule has 1 unspecified atom stereocenters. The lowest BCUT2D eigenvalue weighted by molar-refractivity contribution is 0.142. The van der Waals surface area contributed by atoms with E-state index in [9.17, 15) is 0 Å². The molecule has 2 rings (SSSR count). The summed E-state index contributed by atoms with van der Waals surface area (Å²) in [4.78, 5) is 7.24. The summed E-state index contributed by atoms with van der Waals surface area (Å²) in [5.74, 6) is 1.75. The number of ether oxygens (including phenoxy) is 2. The Kier molecular flexibility index (Phi) is 12.4. The summed E-state index contributed by atoms with van der Waals surface area (Å²) in [5, 5.41) is 6.65. The molecule has 2 N–H and O–H groups in total. The number of hydrogen-bond donors (Lipinski definition) is 2. The maximum absolute atomic E-state index is 5.71. The van der Waals surface area contributed by atoms with Crippen molar-refractivity contribution in [2.24, 2.45) is 4.99 Å². The molecule has 1 aliphatic rings. The van der Waals surface area contributed by atoms with Gasteiger partial charge in [0, 0.05) is 26.2 Å². The zero-order chi connectivity index (χ0) is 17.7. The topological polar surface area (TPSA) is 58.1 Å². The SMILES string of the molecule is CCNC(=NCC1CCCN1CCOC)NCCOc1ccccc1.I. The normalized spacial score (nSPS) is 17.6. The molecule has 6 nitrogen and oxygen atoms in total. The van der Waals surface area contributed by atoms with E-state index in [1.807, 2.05) is 30.3 Å². The Morgan fingerprint density at radius 3 is 2.77 bits per heavy atom. The van der Waals surface area contributed by atoms with Crippen molar-refractivity contribution in [3.05, 3.63) is 30.3 Å². The van der Waals surface area contributed by atoms with Gasteiger partial charge in [0.25, 0.3) is 0 Å². The van der Waals surface area contributed by atoms with E-state index in [0.717, 1.165) is 51.0 Å². The highest BCUT2D eigenvalue weighted by atomic mass is 127. The van der Waals surface area contributed by atoms with Crippen LogP contribution in [0.4, 0.5) is 0 Å². The predicted octanol–water partition coefficient (Wildman–Crippen LogP) is 2.35. The number of guanidine groups is 1. The highest BCUT2D eigenvalue weighted by molar-refractivity contribution is 14.0. The van der Waals surface area contributed by atoms with Crippen molar-refractivity contribution in [1.82, 2.24) is 15.5 Å². The number of hydrogen-bond acceptors (Lipinski definition) is 4. The Morgan fingerprint density at radius 1 is 1.23 bits per heavy atom. The molecule has 0 spiro atoms. The van der Waals surface area contributed by atoms with Gasteiger partial charge in [-0.1, -0.05) is 18.2 Å². The number of halogens is 1. The predicted molar refractivity (Wildman–Crippen MR) is 118 cm³/mol. The smallest absolute Gasteiger partial charge is 0.191 e. The summed E-state index contributed by atoms with van der Waals surface area (Å²) in [6.07, 6.45) is 2.46. The summed E-state index contributed by atoms with van der Waals surface area (Å²) >= 11 is 0. The van der Waals surface area contributed by atoms with E-state index in [-0.39, 0.29) is 24.0 Å². The second kappa shape index (κ2) is 14.1. The monoisotopic (exact) mass is 476 g/mol. The zero-order valence-electron chi connectivity index (χ0n) is 15.9. The molecule has 1 atom stereocenters. The third kappa shape index (κ3) is 8.55.